The fraction of sp³-hybridized carbons (Fsp3) is 0.125. The number of hydrogen-bond donors (Lipinski definition) is 2. The van der Waals surface area contributed by atoms with Gasteiger partial charge in [0.15, 0.2) is 0 Å². The first-order chi connectivity index (χ1) is 10.2. The van der Waals surface area contributed by atoms with Crippen LogP contribution in [0, 0.1) is 11.8 Å². The SMILES string of the molecule is COc1ccc(NC(=O)c2cccc(C#CCN)c2)cn1. The van der Waals surface area contributed by atoms with Crippen LogP contribution < -0.4 is 15.8 Å². The van der Waals surface area contributed by atoms with Crippen molar-refractivity contribution in [2.24, 2.45) is 5.73 Å². The number of pyridine rings is 1. The van der Waals surface area contributed by atoms with E-state index in [4.69, 9.17) is 10.5 Å². The van der Waals surface area contributed by atoms with Crippen molar-refractivity contribution in [1.29, 1.82) is 0 Å². The minimum absolute atomic E-state index is 0.224. The lowest BCUT2D eigenvalue weighted by atomic mass is 10.1. The molecule has 0 radical (unpaired) electrons. The maximum Gasteiger partial charge on any atom is 0.255 e. The number of methoxy groups -OCH3 is 1. The Bertz CT molecular complexity index is 685. The summed E-state index contributed by atoms with van der Waals surface area (Å²) >= 11 is 0. The Morgan fingerprint density at radius 1 is 1.38 bits per heavy atom. The van der Waals surface area contributed by atoms with E-state index in [0.717, 1.165) is 5.56 Å². The zero-order chi connectivity index (χ0) is 15.1. The van der Waals surface area contributed by atoms with Crippen LogP contribution in [-0.2, 0) is 0 Å². The van der Waals surface area contributed by atoms with Gasteiger partial charge in [-0.3, -0.25) is 4.79 Å². The molecule has 3 N–H and O–H groups in total. The van der Waals surface area contributed by atoms with Crippen molar-refractivity contribution in [3.8, 4) is 17.7 Å². The number of carbonyl (C=O) groups is 1. The van der Waals surface area contributed by atoms with E-state index < -0.39 is 0 Å². The number of ether oxygens (including phenoxy) is 1. The van der Waals surface area contributed by atoms with E-state index >= 15 is 0 Å². The normalized spacial score (nSPS) is 9.43. The molecule has 1 aromatic heterocycles. The van der Waals surface area contributed by atoms with Gasteiger partial charge in [0, 0.05) is 17.2 Å². The van der Waals surface area contributed by atoms with E-state index in [0.29, 0.717) is 17.1 Å². The van der Waals surface area contributed by atoms with Crippen molar-refractivity contribution in [3.63, 3.8) is 0 Å². The van der Waals surface area contributed by atoms with Crippen LogP contribution in [0.4, 0.5) is 5.69 Å². The molecule has 0 aliphatic rings. The Labute approximate surface area is 123 Å². The van der Waals surface area contributed by atoms with Crippen LogP contribution in [-0.4, -0.2) is 24.5 Å². The zero-order valence-electron chi connectivity index (χ0n) is 11.6. The standard InChI is InChI=1S/C16H15N3O2/c1-21-15-8-7-14(11-18-15)19-16(20)13-6-2-4-12(10-13)5-3-9-17/h2,4,6-8,10-11H,9,17H2,1H3,(H,19,20). The molecule has 5 heteroatoms. The third-order valence-electron chi connectivity index (χ3n) is 2.66. The molecular weight excluding hydrogens is 266 g/mol. The van der Waals surface area contributed by atoms with Gasteiger partial charge in [0.05, 0.1) is 25.5 Å². The molecule has 106 valence electrons. The van der Waals surface area contributed by atoms with E-state index in [1.807, 2.05) is 6.07 Å². The van der Waals surface area contributed by atoms with Gasteiger partial charge >= 0.3 is 0 Å². The van der Waals surface area contributed by atoms with E-state index in [9.17, 15) is 4.79 Å². The maximum absolute atomic E-state index is 12.2. The van der Waals surface area contributed by atoms with Gasteiger partial charge in [-0.1, -0.05) is 17.9 Å². The summed E-state index contributed by atoms with van der Waals surface area (Å²) < 4.78 is 4.96. The van der Waals surface area contributed by atoms with Crippen LogP contribution in [0.3, 0.4) is 0 Å². The highest BCUT2D eigenvalue weighted by molar-refractivity contribution is 6.04. The predicted octanol–water partition coefficient (Wildman–Crippen LogP) is 1.65. The van der Waals surface area contributed by atoms with Gasteiger partial charge in [-0.25, -0.2) is 4.98 Å². The highest BCUT2D eigenvalue weighted by Gasteiger charge is 2.06. The van der Waals surface area contributed by atoms with E-state index in [1.165, 1.54) is 13.3 Å². The minimum Gasteiger partial charge on any atom is -0.481 e. The second kappa shape index (κ2) is 7.08. The second-order valence-electron chi connectivity index (χ2n) is 4.13. The topological polar surface area (TPSA) is 77.2 Å². The third kappa shape index (κ3) is 4.06. The number of anilines is 1. The van der Waals surface area contributed by atoms with Crippen LogP contribution in [0.1, 0.15) is 15.9 Å². The van der Waals surface area contributed by atoms with E-state index in [2.05, 4.69) is 22.1 Å². The van der Waals surface area contributed by atoms with E-state index in [-0.39, 0.29) is 12.5 Å². The Morgan fingerprint density at radius 3 is 2.90 bits per heavy atom. The van der Waals surface area contributed by atoms with Crippen LogP contribution in [0.25, 0.3) is 0 Å². The molecular formula is C16H15N3O2. The summed E-state index contributed by atoms with van der Waals surface area (Å²) in [6.45, 7) is 0.286. The molecule has 0 saturated carbocycles. The second-order valence-corrected chi connectivity index (χ2v) is 4.13. The Balaban J connectivity index is 2.12. The maximum atomic E-state index is 12.2. The molecule has 1 aromatic carbocycles. The van der Waals surface area contributed by atoms with Crippen LogP contribution in [0.15, 0.2) is 42.6 Å². The third-order valence-corrected chi connectivity index (χ3v) is 2.66. The average Bonchev–Trinajstić information content (AvgIpc) is 2.54. The Kier molecular flexibility index (Phi) is 4.91. The summed E-state index contributed by atoms with van der Waals surface area (Å²) in [5.74, 6) is 5.92. The lowest BCUT2D eigenvalue weighted by Crippen LogP contribution is -2.12. The molecule has 0 aliphatic carbocycles. The van der Waals surface area contributed by atoms with Crippen molar-refractivity contribution in [2.75, 3.05) is 19.0 Å². The summed E-state index contributed by atoms with van der Waals surface area (Å²) in [7, 11) is 1.54. The monoisotopic (exact) mass is 281 g/mol. The number of carbonyl (C=O) groups excluding carboxylic acids is 1. The molecule has 1 amide bonds. The lowest BCUT2D eigenvalue weighted by Gasteiger charge is -2.06. The van der Waals surface area contributed by atoms with Gasteiger partial charge < -0.3 is 15.8 Å². The number of rotatable bonds is 3. The van der Waals surface area contributed by atoms with Crippen molar-refractivity contribution < 1.29 is 9.53 Å². The molecule has 2 aromatic rings. The van der Waals surface area contributed by atoms with Crippen LogP contribution >= 0.6 is 0 Å². The molecule has 21 heavy (non-hydrogen) atoms. The lowest BCUT2D eigenvalue weighted by molar-refractivity contribution is 0.102. The largest absolute Gasteiger partial charge is 0.481 e. The number of nitrogens with two attached hydrogens (primary N) is 1. The smallest absolute Gasteiger partial charge is 0.255 e. The quantitative estimate of drug-likeness (QED) is 0.839. The summed E-state index contributed by atoms with van der Waals surface area (Å²) in [6, 6.07) is 10.4. The van der Waals surface area contributed by atoms with Gasteiger partial charge in [0.25, 0.3) is 5.91 Å². The van der Waals surface area contributed by atoms with Gasteiger partial charge in [-0.15, -0.1) is 0 Å². The number of hydrogen-bond acceptors (Lipinski definition) is 4. The van der Waals surface area contributed by atoms with Crippen molar-refractivity contribution in [1.82, 2.24) is 4.98 Å². The molecule has 0 atom stereocenters. The minimum atomic E-state index is -0.224. The van der Waals surface area contributed by atoms with Crippen molar-refractivity contribution >= 4 is 11.6 Å². The number of amides is 1. The fourth-order valence-corrected chi connectivity index (χ4v) is 1.67. The first kappa shape index (κ1) is 14.6. The van der Waals surface area contributed by atoms with E-state index in [1.54, 1.807) is 30.3 Å². The zero-order valence-corrected chi connectivity index (χ0v) is 11.6. The number of nitrogens with one attached hydrogen (secondary N) is 1. The molecule has 0 aliphatic heterocycles. The molecule has 0 fully saturated rings. The Morgan fingerprint density at radius 2 is 2.24 bits per heavy atom. The van der Waals surface area contributed by atoms with Gasteiger partial charge in [0.1, 0.15) is 0 Å². The summed E-state index contributed by atoms with van der Waals surface area (Å²) in [6.07, 6.45) is 1.54. The highest BCUT2D eigenvalue weighted by atomic mass is 16.5. The summed E-state index contributed by atoms with van der Waals surface area (Å²) in [5, 5.41) is 2.76. The summed E-state index contributed by atoms with van der Waals surface area (Å²) in [4.78, 5) is 16.2. The van der Waals surface area contributed by atoms with Gasteiger partial charge in [-0.05, 0) is 24.3 Å². The number of benzene rings is 1. The fourth-order valence-electron chi connectivity index (χ4n) is 1.67. The average molecular weight is 281 g/mol. The highest BCUT2D eigenvalue weighted by Crippen LogP contribution is 2.13. The van der Waals surface area contributed by atoms with Crippen LogP contribution in [0.2, 0.25) is 0 Å². The molecule has 0 bridgehead atoms. The predicted molar refractivity (Wildman–Crippen MR) is 81.1 cm³/mol. The van der Waals surface area contributed by atoms with Gasteiger partial charge in [-0.2, -0.15) is 0 Å². The molecule has 2 rings (SSSR count). The van der Waals surface area contributed by atoms with Crippen LogP contribution in [0.5, 0.6) is 5.88 Å². The molecule has 5 nitrogen and oxygen atoms in total. The number of aromatic nitrogens is 1. The van der Waals surface area contributed by atoms with Crippen molar-refractivity contribution in [3.05, 3.63) is 53.7 Å². The first-order valence-corrected chi connectivity index (χ1v) is 6.33. The first-order valence-electron chi connectivity index (χ1n) is 6.33. The molecule has 0 unspecified atom stereocenters. The van der Waals surface area contributed by atoms with Gasteiger partial charge in [0.2, 0.25) is 5.88 Å². The number of nitrogens with zero attached hydrogens (tertiary/aromatic N) is 1. The summed E-state index contributed by atoms with van der Waals surface area (Å²) in [5.41, 5.74) is 7.20. The molecule has 0 spiro atoms. The molecule has 1 heterocycles. The molecule has 0 saturated heterocycles. The van der Waals surface area contributed by atoms with Crippen molar-refractivity contribution in [2.45, 2.75) is 0 Å². The Hall–Kier alpha value is -2.84.